The van der Waals surface area contributed by atoms with Crippen LogP contribution < -0.4 is 9.64 Å². The van der Waals surface area contributed by atoms with Gasteiger partial charge >= 0.3 is 0 Å². The predicted octanol–water partition coefficient (Wildman–Crippen LogP) is 6.21. The average Bonchev–Trinajstić information content (AvgIpc) is 3.64. The number of methoxy groups -OCH3 is 2. The fourth-order valence-corrected chi connectivity index (χ4v) is 5.95. The van der Waals surface area contributed by atoms with Crippen LogP contribution in [-0.4, -0.2) is 48.0 Å². The molecule has 3 heterocycles. The Morgan fingerprint density at radius 1 is 1.08 bits per heavy atom. The molecule has 0 aliphatic rings. The van der Waals surface area contributed by atoms with E-state index >= 15 is 0 Å². The molecule has 0 atom stereocenters. The Morgan fingerprint density at radius 2 is 1.86 bits per heavy atom. The standard InChI is InChI=1S/C27H26N4O3S2/c1-18-22-16-24(36-26(22)31(29-18)20-8-5-4-6-9-20)25(32)30(14-7-15-33-2)27-28-23(17-35-27)19-10-12-21(34-3)13-11-19/h4-6,8-13,16-17H,7,14-15H2,1-3H3. The maximum Gasteiger partial charge on any atom is 0.270 e. The van der Waals surface area contributed by atoms with Gasteiger partial charge in [-0.15, -0.1) is 22.7 Å². The molecule has 0 N–H and O–H groups in total. The molecule has 9 heteroatoms. The second-order valence-corrected chi connectivity index (χ2v) is 10.1. The Morgan fingerprint density at radius 3 is 2.58 bits per heavy atom. The summed E-state index contributed by atoms with van der Waals surface area (Å²) in [6, 6.07) is 19.7. The van der Waals surface area contributed by atoms with Crippen LogP contribution in [0.2, 0.25) is 0 Å². The van der Waals surface area contributed by atoms with Crippen LogP contribution in [0.3, 0.4) is 0 Å². The van der Waals surface area contributed by atoms with E-state index in [4.69, 9.17) is 19.6 Å². The minimum Gasteiger partial charge on any atom is -0.497 e. The molecule has 0 aliphatic carbocycles. The highest BCUT2D eigenvalue weighted by molar-refractivity contribution is 7.20. The molecule has 7 nitrogen and oxygen atoms in total. The van der Waals surface area contributed by atoms with Gasteiger partial charge in [-0.1, -0.05) is 18.2 Å². The van der Waals surface area contributed by atoms with Crippen molar-refractivity contribution >= 4 is 43.9 Å². The Labute approximate surface area is 217 Å². The lowest BCUT2D eigenvalue weighted by atomic mass is 10.2. The third-order valence-electron chi connectivity index (χ3n) is 5.84. The van der Waals surface area contributed by atoms with Gasteiger partial charge in [0, 0.05) is 36.6 Å². The lowest BCUT2D eigenvalue weighted by Gasteiger charge is -2.19. The minimum atomic E-state index is -0.0676. The first-order chi connectivity index (χ1) is 17.6. The summed E-state index contributed by atoms with van der Waals surface area (Å²) < 4.78 is 12.4. The molecule has 5 rings (SSSR count). The third kappa shape index (κ3) is 4.77. The molecule has 5 aromatic rings. The Hall–Kier alpha value is -3.53. The zero-order valence-electron chi connectivity index (χ0n) is 20.3. The largest absolute Gasteiger partial charge is 0.497 e. The summed E-state index contributed by atoms with van der Waals surface area (Å²) in [5, 5.41) is 8.34. The first-order valence-electron chi connectivity index (χ1n) is 11.5. The van der Waals surface area contributed by atoms with E-state index in [-0.39, 0.29) is 5.91 Å². The fraction of sp³-hybridized carbons (Fsp3) is 0.222. The van der Waals surface area contributed by atoms with Gasteiger partial charge < -0.3 is 9.47 Å². The van der Waals surface area contributed by atoms with E-state index in [0.29, 0.717) is 29.6 Å². The predicted molar refractivity (Wildman–Crippen MR) is 146 cm³/mol. The van der Waals surface area contributed by atoms with Crippen molar-refractivity contribution < 1.29 is 14.3 Å². The summed E-state index contributed by atoms with van der Waals surface area (Å²) in [5.74, 6) is 0.724. The highest BCUT2D eigenvalue weighted by Gasteiger charge is 2.25. The summed E-state index contributed by atoms with van der Waals surface area (Å²) in [7, 11) is 3.31. The van der Waals surface area contributed by atoms with Gasteiger partial charge in [-0.25, -0.2) is 9.67 Å². The lowest BCUT2D eigenvalue weighted by Crippen LogP contribution is -2.31. The first kappa shape index (κ1) is 24.2. The zero-order valence-corrected chi connectivity index (χ0v) is 21.9. The van der Waals surface area contributed by atoms with E-state index in [1.54, 1.807) is 19.1 Å². The molecular weight excluding hydrogens is 492 g/mol. The molecule has 0 aliphatic heterocycles. The van der Waals surface area contributed by atoms with E-state index in [9.17, 15) is 4.79 Å². The molecule has 0 radical (unpaired) electrons. The van der Waals surface area contributed by atoms with E-state index in [1.165, 1.54) is 22.7 Å². The Bertz CT molecular complexity index is 1470. The average molecular weight is 519 g/mol. The van der Waals surface area contributed by atoms with E-state index < -0.39 is 0 Å². The molecule has 1 amide bonds. The number of aromatic nitrogens is 3. The normalized spacial score (nSPS) is 11.2. The minimum absolute atomic E-state index is 0.0676. The van der Waals surface area contributed by atoms with Gasteiger partial charge in [-0.3, -0.25) is 9.69 Å². The number of amides is 1. The molecule has 36 heavy (non-hydrogen) atoms. The number of thiazole rings is 1. The van der Waals surface area contributed by atoms with Crippen LogP contribution >= 0.6 is 22.7 Å². The third-order valence-corrected chi connectivity index (χ3v) is 7.80. The van der Waals surface area contributed by atoms with Crippen LogP contribution in [0.5, 0.6) is 5.75 Å². The maximum absolute atomic E-state index is 13.8. The number of anilines is 1. The summed E-state index contributed by atoms with van der Waals surface area (Å²) in [4.78, 5) is 22.0. The number of aryl methyl sites for hydroxylation is 1. The van der Waals surface area contributed by atoms with Gasteiger partial charge in [0.05, 0.1) is 29.1 Å². The highest BCUT2D eigenvalue weighted by Crippen LogP contribution is 2.34. The number of fused-ring (bicyclic) bond motifs is 1. The monoisotopic (exact) mass is 518 g/mol. The second-order valence-electron chi connectivity index (χ2n) is 8.21. The van der Waals surface area contributed by atoms with Gasteiger partial charge in [0.2, 0.25) is 0 Å². The van der Waals surface area contributed by atoms with Crippen molar-refractivity contribution in [2.24, 2.45) is 0 Å². The van der Waals surface area contributed by atoms with Crippen molar-refractivity contribution in [3.05, 3.63) is 76.6 Å². The maximum atomic E-state index is 13.8. The smallest absolute Gasteiger partial charge is 0.270 e. The van der Waals surface area contributed by atoms with Crippen LogP contribution in [0.4, 0.5) is 5.13 Å². The topological polar surface area (TPSA) is 69.5 Å². The van der Waals surface area contributed by atoms with Gasteiger partial charge in [0.15, 0.2) is 5.13 Å². The number of carbonyl (C=O) groups excluding carboxylic acids is 1. The van der Waals surface area contributed by atoms with E-state index in [0.717, 1.165) is 38.6 Å². The van der Waals surface area contributed by atoms with Gasteiger partial charge in [-0.05, 0) is 55.8 Å². The van der Waals surface area contributed by atoms with Crippen molar-refractivity contribution in [1.29, 1.82) is 0 Å². The second kappa shape index (κ2) is 10.6. The number of thiophene rings is 1. The van der Waals surface area contributed by atoms with E-state index in [1.807, 2.05) is 77.6 Å². The van der Waals surface area contributed by atoms with Crippen molar-refractivity contribution in [3.63, 3.8) is 0 Å². The summed E-state index contributed by atoms with van der Waals surface area (Å²) in [6.45, 7) is 3.05. The van der Waals surface area contributed by atoms with Gasteiger partial charge in [0.1, 0.15) is 10.6 Å². The molecule has 0 saturated heterocycles. The van der Waals surface area contributed by atoms with Crippen molar-refractivity contribution in [1.82, 2.24) is 14.8 Å². The Balaban J connectivity index is 1.48. The molecule has 184 valence electrons. The van der Waals surface area contributed by atoms with Crippen molar-refractivity contribution in [3.8, 4) is 22.7 Å². The summed E-state index contributed by atoms with van der Waals surface area (Å²) in [5.41, 5.74) is 3.67. The van der Waals surface area contributed by atoms with Crippen molar-refractivity contribution in [2.45, 2.75) is 13.3 Å². The van der Waals surface area contributed by atoms with Gasteiger partial charge in [-0.2, -0.15) is 5.10 Å². The van der Waals surface area contributed by atoms with Gasteiger partial charge in [0.25, 0.3) is 5.91 Å². The number of carbonyl (C=O) groups is 1. The molecule has 0 spiro atoms. The first-order valence-corrected chi connectivity index (χ1v) is 13.2. The zero-order chi connectivity index (χ0) is 25.1. The number of hydrogen-bond donors (Lipinski definition) is 0. The summed E-state index contributed by atoms with van der Waals surface area (Å²) in [6.07, 6.45) is 0.710. The summed E-state index contributed by atoms with van der Waals surface area (Å²) >= 11 is 2.92. The van der Waals surface area contributed by atoms with Crippen LogP contribution in [-0.2, 0) is 4.74 Å². The molecular formula is C27H26N4O3S2. The molecule has 0 saturated carbocycles. The van der Waals surface area contributed by atoms with Crippen LogP contribution in [0.15, 0.2) is 66.0 Å². The molecule has 2 aromatic carbocycles. The molecule has 0 bridgehead atoms. The number of nitrogens with zero attached hydrogens (tertiary/aromatic N) is 4. The fourth-order valence-electron chi connectivity index (χ4n) is 3.96. The number of benzene rings is 2. The van der Waals surface area contributed by atoms with E-state index in [2.05, 4.69) is 0 Å². The Kier molecular flexibility index (Phi) is 7.13. The molecule has 0 fully saturated rings. The molecule has 3 aromatic heterocycles. The number of ether oxygens (including phenoxy) is 2. The highest BCUT2D eigenvalue weighted by atomic mass is 32.1. The number of para-hydroxylation sites is 1. The number of hydrogen-bond acceptors (Lipinski definition) is 7. The number of rotatable bonds is 9. The SMILES string of the molecule is COCCCN(C(=O)c1cc2c(C)nn(-c3ccccc3)c2s1)c1nc(-c2ccc(OC)cc2)cs1. The van der Waals surface area contributed by atoms with Crippen LogP contribution in [0, 0.1) is 6.92 Å². The van der Waals surface area contributed by atoms with Crippen LogP contribution in [0.1, 0.15) is 21.8 Å². The lowest BCUT2D eigenvalue weighted by molar-refractivity contribution is 0.0987. The van der Waals surface area contributed by atoms with Crippen molar-refractivity contribution in [2.75, 3.05) is 32.3 Å². The van der Waals surface area contributed by atoms with Crippen LogP contribution in [0.25, 0.3) is 27.2 Å². The molecule has 0 unspecified atom stereocenters. The quantitative estimate of drug-likeness (QED) is 0.217.